The summed E-state index contributed by atoms with van der Waals surface area (Å²) in [5.74, 6) is 0.503. The molecule has 0 radical (unpaired) electrons. The van der Waals surface area contributed by atoms with Gasteiger partial charge in [-0.15, -0.1) is 0 Å². The molecule has 6 nitrogen and oxygen atoms in total. The van der Waals surface area contributed by atoms with Gasteiger partial charge in [-0.1, -0.05) is 0 Å². The second-order valence-electron chi connectivity index (χ2n) is 5.12. The van der Waals surface area contributed by atoms with Crippen molar-refractivity contribution >= 4 is 11.8 Å². The van der Waals surface area contributed by atoms with Gasteiger partial charge in [0, 0.05) is 26.2 Å². The number of carbonyl (C=O) groups excluding carboxylic acids is 1. The van der Waals surface area contributed by atoms with Gasteiger partial charge in [-0.25, -0.2) is 9.78 Å². The van der Waals surface area contributed by atoms with Crippen LogP contribution in [0.25, 0.3) is 0 Å². The monoisotopic (exact) mass is 288 g/mol. The summed E-state index contributed by atoms with van der Waals surface area (Å²) >= 11 is 0. The molecule has 0 amide bonds. The van der Waals surface area contributed by atoms with Crippen LogP contribution in [0, 0.1) is 18.3 Å². The van der Waals surface area contributed by atoms with Crippen molar-refractivity contribution in [1.29, 1.82) is 5.26 Å². The third-order valence-electron chi connectivity index (χ3n) is 3.85. The van der Waals surface area contributed by atoms with Crippen molar-refractivity contribution in [1.82, 2.24) is 9.88 Å². The third-order valence-corrected chi connectivity index (χ3v) is 3.85. The fraction of sp³-hybridized carbons (Fsp3) is 0.533. The normalized spacial score (nSPS) is 17.1. The molecule has 2 rings (SSSR count). The van der Waals surface area contributed by atoms with Crippen LogP contribution in [-0.4, -0.2) is 55.2 Å². The smallest absolute Gasteiger partial charge is 0.339 e. The molecule has 0 saturated carbocycles. The van der Waals surface area contributed by atoms with Crippen LogP contribution < -0.4 is 4.90 Å². The van der Waals surface area contributed by atoms with Crippen LogP contribution in [0.1, 0.15) is 23.0 Å². The Balaban J connectivity index is 2.06. The van der Waals surface area contributed by atoms with Gasteiger partial charge >= 0.3 is 5.97 Å². The number of ether oxygens (including phenoxy) is 1. The fourth-order valence-electron chi connectivity index (χ4n) is 2.47. The van der Waals surface area contributed by atoms with Crippen molar-refractivity contribution in [3.63, 3.8) is 0 Å². The van der Waals surface area contributed by atoms with Crippen molar-refractivity contribution in [2.24, 2.45) is 0 Å². The fourth-order valence-corrected chi connectivity index (χ4v) is 2.47. The molecule has 21 heavy (non-hydrogen) atoms. The number of piperazine rings is 1. The van der Waals surface area contributed by atoms with Gasteiger partial charge in [-0.2, -0.15) is 5.26 Å². The van der Waals surface area contributed by atoms with Gasteiger partial charge in [0.1, 0.15) is 5.82 Å². The number of methoxy groups -OCH3 is 1. The molecule has 1 atom stereocenters. The largest absolute Gasteiger partial charge is 0.465 e. The Morgan fingerprint density at radius 3 is 2.57 bits per heavy atom. The first-order valence-corrected chi connectivity index (χ1v) is 7.01. The molecule has 1 aromatic heterocycles. The van der Waals surface area contributed by atoms with Crippen LogP contribution in [0.4, 0.5) is 5.82 Å². The van der Waals surface area contributed by atoms with Gasteiger partial charge in [0.2, 0.25) is 0 Å². The van der Waals surface area contributed by atoms with Crippen LogP contribution >= 0.6 is 0 Å². The molecule has 1 saturated heterocycles. The predicted molar refractivity (Wildman–Crippen MR) is 79.2 cm³/mol. The molecule has 2 heterocycles. The Morgan fingerprint density at radius 1 is 1.38 bits per heavy atom. The maximum atomic E-state index is 11.6. The number of hydrogen-bond donors (Lipinski definition) is 0. The van der Waals surface area contributed by atoms with Gasteiger partial charge in [-0.3, -0.25) is 4.90 Å². The molecule has 0 aliphatic carbocycles. The van der Waals surface area contributed by atoms with Crippen LogP contribution in [-0.2, 0) is 4.74 Å². The molecule has 0 N–H and O–H groups in total. The van der Waals surface area contributed by atoms with Crippen molar-refractivity contribution in [2.45, 2.75) is 19.9 Å². The summed E-state index contributed by atoms with van der Waals surface area (Å²) in [7, 11) is 1.37. The summed E-state index contributed by atoms with van der Waals surface area (Å²) in [5, 5.41) is 8.95. The first-order valence-electron chi connectivity index (χ1n) is 7.01. The van der Waals surface area contributed by atoms with Gasteiger partial charge < -0.3 is 9.64 Å². The highest BCUT2D eigenvalue weighted by Crippen LogP contribution is 2.18. The molecule has 0 aromatic carbocycles. The number of aromatic nitrogens is 1. The predicted octanol–water partition coefficient (Wildman–Crippen LogP) is 1.21. The van der Waals surface area contributed by atoms with Crippen molar-refractivity contribution in [3.05, 3.63) is 23.4 Å². The number of aryl methyl sites for hydroxylation is 1. The molecular formula is C15H20N4O2. The van der Waals surface area contributed by atoms with Gasteiger partial charge in [0.15, 0.2) is 0 Å². The number of carbonyl (C=O) groups is 1. The zero-order valence-electron chi connectivity index (χ0n) is 12.7. The van der Waals surface area contributed by atoms with E-state index in [1.54, 1.807) is 6.07 Å². The van der Waals surface area contributed by atoms with E-state index in [9.17, 15) is 4.79 Å². The summed E-state index contributed by atoms with van der Waals surface area (Å²) in [6.45, 7) is 7.07. The summed E-state index contributed by atoms with van der Waals surface area (Å²) in [6.07, 6.45) is 0. The molecule has 1 aliphatic rings. The van der Waals surface area contributed by atoms with E-state index in [0.29, 0.717) is 11.3 Å². The summed E-state index contributed by atoms with van der Waals surface area (Å²) in [4.78, 5) is 20.4. The van der Waals surface area contributed by atoms with Gasteiger partial charge in [0.05, 0.1) is 30.5 Å². The van der Waals surface area contributed by atoms with Gasteiger partial charge in [-0.05, 0) is 26.0 Å². The van der Waals surface area contributed by atoms with Gasteiger partial charge in [0.25, 0.3) is 0 Å². The van der Waals surface area contributed by atoms with Crippen LogP contribution in [0.15, 0.2) is 12.1 Å². The van der Waals surface area contributed by atoms with Crippen LogP contribution in [0.2, 0.25) is 0 Å². The Labute approximate surface area is 124 Å². The summed E-state index contributed by atoms with van der Waals surface area (Å²) in [5.41, 5.74) is 1.17. The van der Waals surface area contributed by atoms with Crippen LogP contribution in [0.5, 0.6) is 0 Å². The number of anilines is 1. The van der Waals surface area contributed by atoms with Crippen molar-refractivity contribution in [3.8, 4) is 6.07 Å². The molecule has 1 aromatic rings. The molecule has 0 spiro atoms. The van der Waals surface area contributed by atoms with E-state index in [1.807, 2.05) is 19.9 Å². The molecule has 112 valence electrons. The maximum Gasteiger partial charge on any atom is 0.339 e. The topological polar surface area (TPSA) is 69.5 Å². The minimum Gasteiger partial charge on any atom is -0.465 e. The Morgan fingerprint density at radius 2 is 2.05 bits per heavy atom. The lowest BCUT2D eigenvalue weighted by molar-refractivity contribution is 0.0599. The lowest BCUT2D eigenvalue weighted by atomic mass is 10.2. The molecule has 1 unspecified atom stereocenters. The number of esters is 1. The summed E-state index contributed by atoms with van der Waals surface area (Å²) < 4.78 is 4.73. The van der Waals surface area contributed by atoms with Crippen molar-refractivity contribution in [2.75, 3.05) is 38.2 Å². The lowest BCUT2D eigenvalue weighted by Gasteiger charge is -2.36. The van der Waals surface area contributed by atoms with Crippen molar-refractivity contribution < 1.29 is 9.53 Å². The molecule has 0 bridgehead atoms. The Hall–Kier alpha value is -2.13. The van der Waals surface area contributed by atoms with Crippen LogP contribution in [0.3, 0.4) is 0 Å². The zero-order chi connectivity index (χ0) is 15.4. The Kier molecular flexibility index (Phi) is 4.76. The molecule has 1 fully saturated rings. The lowest BCUT2D eigenvalue weighted by Crippen LogP contribution is -2.49. The maximum absolute atomic E-state index is 11.6. The molecule has 6 heteroatoms. The highest BCUT2D eigenvalue weighted by atomic mass is 16.5. The molecular weight excluding hydrogens is 268 g/mol. The van der Waals surface area contributed by atoms with E-state index in [-0.39, 0.29) is 12.0 Å². The average molecular weight is 288 g/mol. The number of pyridine rings is 1. The first kappa shape index (κ1) is 15.3. The standard InChI is InChI=1S/C15H20N4O2/c1-11(10-16)18-6-8-19(9-7-18)14-5-4-13(12(2)17-14)15(20)21-3/h4-5,11H,6-9H2,1-3H3. The number of nitrogens with zero attached hydrogens (tertiary/aromatic N) is 4. The highest BCUT2D eigenvalue weighted by molar-refractivity contribution is 5.90. The minimum atomic E-state index is -0.362. The first-order chi connectivity index (χ1) is 10.1. The minimum absolute atomic E-state index is 0.0523. The van der Waals surface area contributed by atoms with E-state index in [4.69, 9.17) is 10.00 Å². The average Bonchev–Trinajstić information content (AvgIpc) is 2.53. The number of rotatable bonds is 3. The van der Waals surface area contributed by atoms with E-state index in [2.05, 4.69) is 20.9 Å². The number of nitriles is 1. The van der Waals surface area contributed by atoms with E-state index in [1.165, 1.54) is 7.11 Å². The summed E-state index contributed by atoms with van der Waals surface area (Å²) in [6, 6.07) is 5.82. The highest BCUT2D eigenvalue weighted by Gasteiger charge is 2.22. The quantitative estimate of drug-likeness (QED) is 0.779. The van der Waals surface area contributed by atoms with E-state index >= 15 is 0 Å². The second kappa shape index (κ2) is 6.55. The molecule has 1 aliphatic heterocycles. The van der Waals surface area contributed by atoms with E-state index < -0.39 is 0 Å². The SMILES string of the molecule is COC(=O)c1ccc(N2CCN(C(C)C#N)CC2)nc1C. The number of hydrogen-bond acceptors (Lipinski definition) is 6. The zero-order valence-corrected chi connectivity index (χ0v) is 12.7. The van der Waals surface area contributed by atoms with E-state index in [0.717, 1.165) is 32.0 Å². The Bertz CT molecular complexity index is 559. The second-order valence-corrected chi connectivity index (χ2v) is 5.12. The third kappa shape index (κ3) is 3.31.